The average Bonchev–Trinajstić information content (AvgIpc) is 2.92. The van der Waals surface area contributed by atoms with Gasteiger partial charge < -0.3 is 4.42 Å². The number of aryl methyl sites for hydroxylation is 3. The number of hydrogen-bond donors (Lipinski definition) is 2. The predicted octanol–water partition coefficient (Wildman–Crippen LogP) is 1.86. The third-order valence-electron chi connectivity index (χ3n) is 3.05. The molecule has 0 radical (unpaired) electrons. The predicted molar refractivity (Wildman–Crippen MR) is 69.9 cm³/mol. The fourth-order valence-electron chi connectivity index (χ4n) is 2.17. The molecule has 0 aliphatic heterocycles. The SMILES string of the molecule is CCn1nc(C)cc1CC(NN)c1coc(C)c1. The molecule has 3 N–H and O–H groups in total. The molecule has 0 fully saturated rings. The molecule has 98 valence electrons. The summed E-state index contributed by atoms with van der Waals surface area (Å²) in [5, 5.41) is 4.44. The van der Waals surface area contributed by atoms with E-state index < -0.39 is 0 Å². The summed E-state index contributed by atoms with van der Waals surface area (Å²) in [5.74, 6) is 6.53. The maximum absolute atomic E-state index is 5.64. The highest BCUT2D eigenvalue weighted by Gasteiger charge is 2.15. The van der Waals surface area contributed by atoms with Crippen molar-refractivity contribution >= 4 is 0 Å². The molecule has 0 amide bonds. The van der Waals surface area contributed by atoms with E-state index >= 15 is 0 Å². The van der Waals surface area contributed by atoms with Crippen molar-refractivity contribution in [2.75, 3.05) is 0 Å². The van der Waals surface area contributed by atoms with Crippen LogP contribution in [0.5, 0.6) is 0 Å². The van der Waals surface area contributed by atoms with Gasteiger partial charge in [-0.1, -0.05) is 0 Å². The van der Waals surface area contributed by atoms with Crippen LogP contribution in [0.1, 0.15) is 35.7 Å². The van der Waals surface area contributed by atoms with Gasteiger partial charge >= 0.3 is 0 Å². The lowest BCUT2D eigenvalue weighted by Gasteiger charge is -2.14. The van der Waals surface area contributed by atoms with Gasteiger partial charge in [-0.15, -0.1) is 0 Å². The molecular formula is C13H20N4O. The molecule has 0 spiro atoms. The molecule has 0 aliphatic carbocycles. The molecule has 2 aromatic rings. The van der Waals surface area contributed by atoms with Crippen LogP contribution in [0.4, 0.5) is 0 Å². The summed E-state index contributed by atoms with van der Waals surface area (Å²) in [6, 6.07) is 4.15. The van der Waals surface area contributed by atoms with Crippen LogP contribution in [0.15, 0.2) is 22.8 Å². The summed E-state index contributed by atoms with van der Waals surface area (Å²) in [6.45, 7) is 6.88. The van der Waals surface area contributed by atoms with Crippen LogP contribution < -0.4 is 11.3 Å². The van der Waals surface area contributed by atoms with Gasteiger partial charge in [-0.05, 0) is 32.9 Å². The molecule has 0 saturated carbocycles. The Balaban J connectivity index is 2.19. The summed E-state index contributed by atoms with van der Waals surface area (Å²) in [4.78, 5) is 0. The van der Waals surface area contributed by atoms with Crippen molar-refractivity contribution in [2.24, 2.45) is 5.84 Å². The first-order valence-corrected chi connectivity index (χ1v) is 6.18. The van der Waals surface area contributed by atoms with E-state index in [2.05, 4.69) is 23.5 Å². The summed E-state index contributed by atoms with van der Waals surface area (Å²) in [5.41, 5.74) is 6.12. The lowest BCUT2D eigenvalue weighted by atomic mass is 10.1. The maximum Gasteiger partial charge on any atom is 0.101 e. The van der Waals surface area contributed by atoms with Gasteiger partial charge in [-0.3, -0.25) is 16.0 Å². The summed E-state index contributed by atoms with van der Waals surface area (Å²) in [6.07, 6.45) is 2.55. The first-order valence-electron chi connectivity index (χ1n) is 6.18. The Hall–Kier alpha value is -1.59. The Labute approximate surface area is 107 Å². The zero-order valence-electron chi connectivity index (χ0n) is 11.1. The molecular weight excluding hydrogens is 228 g/mol. The largest absolute Gasteiger partial charge is 0.469 e. The van der Waals surface area contributed by atoms with Gasteiger partial charge in [0.05, 0.1) is 18.0 Å². The van der Waals surface area contributed by atoms with Crippen molar-refractivity contribution in [2.45, 2.75) is 39.8 Å². The minimum absolute atomic E-state index is 0.0452. The standard InChI is InChI=1S/C13H20N4O/c1-4-17-12(5-9(2)16-17)7-13(15-14)11-6-10(3)18-8-11/h5-6,8,13,15H,4,7,14H2,1-3H3. The van der Waals surface area contributed by atoms with E-state index in [0.717, 1.165) is 30.0 Å². The number of hydrogen-bond acceptors (Lipinski definition) is 4. The summed E-state index contributed by atoms with van der Waals surface area (Å²) < 4.78 is 7.34. The molecule has 0 saturated heterocycles. The van der Waals surface area contributed by atoms with Crippen molar-refractivity contribution < 1.29 is 4.42 Å². The van der Waals surface area contributed by atoms with Gasteiger partial charge in [0.1, 0.15) is 5.76 Å². The fraction of sp³-hybridized carbons (Fsp3) is 0.462. The average molecular weight is 248 g/mol. The van der Waals surface area contributed by atoms with E-state index in [1.165, 1.54) is 5.69 Å². The Morgan fingerprint density at radius 2 is 2.22 bits per heavy atom. The summed E-state index contributed by atoms with van der Waals surface area (Å²) >= 11 is 0. The fourth-order valence-corrected chi connectivity index (χ4v) is 2.17. The highest BCUT2D eigenvalue weighted by molar-refractivity contribution is 5.20. The molecule has 2 heterocycles. The van der Waals surface area contributed by atoms with Crippen molar-refractivity contribution in [3.05, 3.63) is 41.1 Å². The van der Waals surface area contributed by atoms with E-state index in [1.807, 2.05) is 24.6 Å². The number of aromatic nitrogens is 2. The van der Waals surface area contributed by atoms with Crippen molar-refractivity contribution in [3.63, 3.8) is 0 Å². The molecule has 2 aromatic heterocycles. The molecule has 0 aliphatic rings. The number of rotatable bonds is 5. The van der Waals surface area contributed by atoms with Gasteiger partial charge in [-0.25, -0.2) is 0 Å². The third-order valence-corrected chi connectivity index (χ3v) is 3.05. The normalized spacial score (nSPS) is 12.9. The van der Waals surface area contributed by atoms with Gasteiger partial charge in [0.25, 0.3) is 0 Å². The highest BCUT2D eigenvalue weighted by atomic mass is 16.3. The second kappa shape index (κ2) is 5.37. The van der Waals surface area contributed by atoms with E-state index in [4.69, 9.17) is 10.3 Å². The summed E-state index contributed by atoms with van der Waals surface area (Å²) in [7, 11) is 0. The quantitative estimate of drug-likeness (QED) is 0.626. The van der Waals surface area contributed by atoms with Crippen molar-refractivity contribution in [1.29, 1.82) is 0 Å². The highest BCUT2D eigenvalue weighted by Crippen LogP contribution is 2.20. The number of hydrazine groups is 1. The van der Waals surface area contributed by atoms with Crippen LogP contribution in [-0.4, -0.2) is 9.78 Å². The molecule has 5 nitrogen and oxygen atoms in total. The Morgan fingerprint density at radius 1 is 1.44 bits per heavy atom. The Kier molecular flexibility index (Phi) is 3.84. The molecule has 18 heavy (non-hydrogen) atoms. The molecule has 0 bridgehead atoms. The van der Waals surface area contributed by atoms with Crippen LogP contribution in [0, 0.1) is 13.8 Å². The van der Waals surface area contributed by atoms with Crippen LogP contribution in [-0.2, 0) is 13.0 Å². The van der Waals surface area contributed by atoms with Crippen molar-refractivity contribution in [3.8, 4) is 0 Å². The molecule has 1 atom stereocenters. The lowest BCUT2D eigenvalue weighted by Crippen LogP contribution is -2.30. The minimum Gasteiger partial charge on any atom is -0.469 e. The van der Waals surface area contributed by atoms with E-state index in [9.17, 15) is 0 Å². The maximum atomic E-state index is 5.64. The Bertz CT molecular complexity index is 515. The van der Waals surface area contributed by atoms with Crippen LogP contribution in [0.25, 0.3) is 0 Å². The Morgan fingerprint density at radius 3 is 2.78 bits per heavy atom. The smallest absolute Gasteiger partial charge is 0.101 e. The molecule has 2 rings (SSSR count). The van der Waals surface area contributed by atoms with Gasteiger partial charge in [-0.2, -0.15) is 5.10 Å². The number of nitrogens with one attached hydrogen (secondary N) is 1. The molecule has 1 unspecified atom stereocenters. The second-order valence-electron chi connectivity index (χ2n) is 4.51. The number of nitrogens with zero attached hydrogens (tertiary/aromatic N) is 2. The van der Waals surface area contributed by atoms with Crippen LogP contribution in [0.2, 0.25) is 0 Å². The number of furan rings is 1. The zero-order chi connectivity index (χ0) is 13.1. The number of nitrogens with two attached hydrogens (primary N) is 1. The van der Waals surface area contributed by atoms with E-state index in [-0.39, 0.29) is 6.04 Å². The zero-order valence-corrected chi connectivity index (χ0v) is 11.1. The lowest BCUT2D eigenvalue weighted by molar-refractivity contribution is 0.498. The van der Waals surface area contributed by atoms with E-state index in [0.29, 0.717) is 0 Å². The van der Waals surface area contributed by atoms with Crippen LogP contribution in [0.3, 0.4) is 0 Å². The first-order chi connectivity index (χ1) is 8.63. The molecule has 0 aromatic carbocycles. The van der Waals surface area contributed by atoms with Crippen LogP contribution >= 0.6 is 0 Å². The van der Waals surface area contributed by atoms with Crippen molar-refractivity contribution in [1.82, 2.24) is 15.2 Å². The minimum atomic E-state index is 0.0452. The topological polar surface area (TPSA) is 69.0 Å². The monoisotopic (exact) mass is 248 g/mol. The second-order valence-corrected chi connectivity index (χ2v) is 4.51. The van der Waals surface area contributed by atoms with E-state index in [1.54, 1.807) is 6.26 Å². The molecule has 5 heteroatoms. The van der Waals surface area contributed by atoms with Gasteiger partial charge in [0, 0.05) is 24.2 Å². The third kappa shape index (κ3) is 2.63. The van der Waals surface area contributed by atoms with Gasteiger partial charge in [0.15, 0.2) is 0 Å². The van der Waals surface area contributed by atoms with Gasteiger partial charge in [0.2, 0.25) is 0 Å². The first kappa shape index (κ1) is 12.9.